The van der Waals surface area contributed by atoms with Crippen molar-refractivity contribution < 1.29 is 18.0 Å². The molecule has 8 nitrogen and oxygen atoms in total. The summed E-state index contributed by atoms with van der Waals surface area (Å²) >= 11 is 5.68. The fraction of sp³-hybridized carbons (Fsp3) is 0.310. The monoisotopic (exact) mass is 581 g/mol. The van der Waals surface area contributed by atoms with Crippen LogP contribution in [0.3, 0.4) is 0 Å². The van der Waals surface area contributed by atoms with Gasteiger partial charge in [0.1, 0.15) is 17.8 Å². The third kappa shape index (κ3) is 6.29. The zero-order valence-electron chi connectivity index (χ0n) is 22.4. The molecule has 212 valence electrons. The van der Waals surface area contributed by atoms with Crippen molar-refractivity contribution in [3.8, 4) is 11.8 Å². The summed E-state index contributed by atoms with van der Waals surface area (Å²) in [6, 6.07) is 8.08. The molecule has 5 rings (SSSR count). The number of alkyl halides is 3. The third-order valence-electron chi connectivity index (χ3n) is 7.17. The SMILES string of the molecule is Cc1ccc(NC(=O)c2ccc(Cl)c(C(F)(F)F)c2)cc1C#Cc1nn(CC2CCN(C)CC2)c2ncnc(N)c12. The van der Waals surface area contributed by atoms with Crippen molar-refractivity contribution in [3.05, 3.63) is 75.7 Å². The van der Waals surface area contributed by atoms with Crippen LogP contribution in [0.15, 0.2) is 42.7 Å². The first kappa shape index (κ1) is 28.4. The number of nitrogen functional groups attached to an aromatic ring is 1. The minimum absolute atomic E-state index is 0.174. The molecule has 41 heavy (non-hydrogen) atoms. The molecule has 2 aromatic heterocycles. The number of anilines is 2. The number of benzene rings is 2. The molecule has 0 radical (unpaired) electrons. The molecule has 12 heteroatoms. The highest BCUT2D eigenvalue weighted by Crippen LogP contribution is 2.35. The largest absolute Gasteiger partial charge is 0.417 e. The van der Waals surface area contributed by atoms with Gasteiger partial charge >= 0.3 is 6.18 Å². The molecule has 3 N–H and O–H groups in total. The highest BCUT2D eigenvalue weighted by molar-refractivity contribution is 6.31. The number of amides is 1. The summed E-state index contributed by atoms with van der Waals surface area (Å²) in [7, 11) is 2.12. The molecule has 0 aliphatic carbocycles. The number of hydrogen-bond acceptors (Lipinski definition) is 6. The van der Waals surface area contributed by atoms with Gasteiger partial charge in [0.2, 0.25) is 0 Å². The second kappa shape index (κ2) is 11.4. The Bertz CT molecular complexity index is 1680. The topological polar surface area (TPSA) is 102 Å². The lowest BCUT2D eigenvalue weighted by molar-refractivity contribution is -0.137. The van der Waals surface area contributed by atoms with Crippen LogP contribution in [-0.2, 0) is 12.7 Å². The molecule has 2 aromatic carbocycles. The number of rotatable bonds is 4. The number of nitrogens with one attached hydrogen (secondary N) is 1. The predicted molar refractivity (Wildman–Crippen MR) is 152 cm³/mol. The van der Waals surface area contributed by atoms with Crippen molar-refractivity contribution in [1.82, 2.24) is 24.6 Å². The Kier molecular flexibility index (Phi) is 7.89. The summed E-state index contributed by atoms with van der Waals surface area (Å²) < 4.78 is 41.6. The van der Waals surface area contributed by atoms with Gasteiger partial charge in [-0.25, -0.2) is 14.6 Å². The molecule has 1 aliphatic heterocycles. The molecule has 0 spiro atoms. The maximum absolute atomic E-state index is 13.2. The molecule has 0 unspecified atom stereocenters. The minimum Gasteiger partial charge on any atom is -0.383 e. The summed E-state index contributed by atoms with van der Waals surface area (Å²) in [5.41, 5.74) is 7.82. The number of halogens is 4. The summed E-state index contributed by atoms with van der Waals surface area (Å²) in [6.07, 6.45) is -1.15. The highest BCUT2D eigenvalue weighted by Gasteiger charge is 2.34. The van der Waals surface area contributed by atoms with E-state index < -0.39 is 22.7 Å². The van der Waals surface area contributed by atoms with E-state index in [1.54, 1.807) is 18.2 Å². The first-order chi connectivity index (χ1) is 19.5. The zero-order valence-corrected chi connectivity index (χ0v) is 23.1. The average molecular weight is 582 g/mol. The number of carbonyl (C=O) groups is 1. The first-order valence-electron chi connectivity index (χ1n) is 13.0. The summed E-state index contributed by atoms with van der Waals surface area (Å²) in [5, 5.41) is 7.47. The van der Waals surface area contributed by atoms with Crippen molar-refractivity contribution in [2.75, 3.05) is 31.2 Å². The predicted octanol–water partition coefficient (Wildman–Crippen LogP) is 5.38. The number of aryl methyl sites for hydroxylation is 1. The molecule has 1 saturated heterocycles. The molecular formula is C29H27ClF3N7O. The van der Waals surface area contributed by atoms with Gasteiger partial charge in [-0.2, -0.15) is 18.3 Å². The van der Waals surface area contributed by atoms with E-state index in [0.717, 1.165) is 43.6 Å². The van der Waals surface area contributed by atoms with Crippen LogP contribution in [0.1, 0.15) is 45.6 Å². The molecule has 1 fully saturated rings. The van der Waals surface area contributed by atoms with Gasteiger partial charge in [0.15, 0.2) is 5.65 Å². The van der Waals surface area contributed by atoms with Crippen molar-refractivity contribution in [3.63, 3.8) is 0 Å². The van der Waals surface area contributed by atoms with Gasteiger partial charge in [0.05, 0.1) is 16.0 Å². The Labute approximate surface area is 239 Å². The van der Waals surface area contributed by atoms with Crippen LogP contribution in [0.4, 0.5) is 24.7 Å². The standard InChI is InChI=1S/C29H27ClF3N7O/c1-17-3-6-21(37-28(41)20-4-7-23(30)22(14-20)29(31,32)33)13-19(17)5-8-24-25-26(34)35-16-36-27(25)40(38-24)15-18-9-11-39(2)12-10-18/h3-4,6-7,13-14,16,18H,9-12,15H2,1-2H3,(H,37,41)(H2,34,35,36). The summed E-state index contributed by atoms with van der Waals surface area (Å²) in [6.45, 7) is 4.62. The summed E-state index contributed by atoms with van der Waals surface area (Å²) in [5.74, 6) is 6.23. The second-order valence-corrected chi connectivity index (χ2v) is 10.6. The van der Waals surface area contributed by atoms with Crippen LogP contribution in [0, 0.1) is 24.7 Å². The number of aromatic nitrogens is 4. The fourth-order valence-electron chi connectivity index (χ4n) is 4.78. The molecule has 0 atom stereocenters. The maximum atomic E-state index is 13.2. The number of nitrogens with two attached hydrogens (primary N) is 1. The lowest BCUT2D eigenvalue weighted by Crippen LogP contribution is -2.32. The Morgan fingerprint density at radius 1 is 1.15 bits per heavy atom. The zero-order chi connectivity index (χ0) is 29.3. The Hall–Kier alpha value is -4.14. The molecule has 0 saturated carbocycles. The normalized spacial score (nSPS) is 14.6. The molecule has 4 aromatic rings. The van der Waals surface area contributed by atoms with Crippen molar-refractivity contribution in [1.29, 1.82) is 0 Å². The number of carbonyl (C=O) groups excluding carboxylic acids is 1. The van der Waals surface area contributed by atoms with Gasteiger partial charge in [-0.05, 0) is 87.6 Å². The number of hydrogen-bond donors (Lipinski definition) is 2. The average Bonchev–Trinajstić information content (AvgIpc) is 3.28. The number of nitrogens with zero attached hydrogens (tertiary/aromatic N) is 5. The van der Waals surface area contributed by atoms with Crippen LogP contribution in [-0.4, -0.2) is 50.7 Å². The van der Waals surface area contributed by atoms with Gasteiger partial charge in [0.25, 0.3) is 5.91 Å². The molecule has 1 amide bonds. The molecule has 3 heterocycles. The van der Waals surface area contributed by atoms with Crippen LogP contribution < -0.4 is 11.1 Å². The van der Waals surface area contributed by atoms with Gasteiger partial charge in [-0.3, -0.25) is 4.79 Å². The smallest absolute Gasteiger partial charge is 0.383 e. The van der Waals surface area contributed by atoms with E-state index in [1.165, 1.54) is 12.4 Å². The summed E-state index contributed by atoms with van der Waals surface area (Å²) in [4.78, 5) is 23.6. The van der Waals surface area contributed by atoms with Gasteiger partial charge in [0, 0.05) is 23.4 Å². The third-order valence-corrected chi connectivity index (χ3v) is 7.50. The highest BCUT2D eigenvalue weighted by atomic mass is 35.5. The van der Waals surface area contributed by atoms with Crippen molar-refractivity contribution in [2.24, 2.45) is 5.92 Å². The van der Waals surface area contributed by atoms with E-state index in [4.69, 9.17) is 22.4 Å². The number of piperidine rings is 1. The van der Waals surface area contributed by atoms with Gasteiger partial charge in [-0.15, -0.1) is 0 Å². The van der Waals surface area contributed by atoms with Gasteiger partial charge in [-0.1, -0.05) is 23.6 Å². The van der Waals surface area contributed by atoms with E-state index >= 15 is 0 Å². The van der Waals surface area contributed by atoms with Crippen LogP contribution in [0.25, 0.3) is 11.0 Å². The molecule has 1 aliphatic rings. The lowest BCUT2D eigenvalue weighted by atomic mass is 9.97. The lowest BCUT2D eigenvalue weighted by Gasteiger charge is -2.28. The van der Waals surface area contributed by atoms with Crippen molar-refractivity contribution in [2.45, 2.75) is 32.5 Å². The second-order valence-electron chi connectivity index (χ2n) is 10.2. The number of fused-ring (bicyclic) bond motifs is 1. The van der Waals surface area contributed by atoms with E-state index in [1.807, 2.05) is 11.6 Å². The Balaban J connectivity index is 1.41. The molecular weight excluding hydrogens is 555 g/mol. The Morgan fingerprint density at radius 2 is 1.90 bits per heavy atom. The number of likely N-dealkylation sites (tertiary alicyclic amines) is 1. The van der Waals surface area contributed by atoms with Crippen LogP contribution in [0.5, 0.6) is 0 Å². The van der Waals surface area contributed by atoms with Crippen molar-refractivity contribution >= 4 is 40.0 Å². The Morgan fingerprint density at radius 3 is 2.63 bits per heavy atom. The van der Waals surface area contributed by atoms with E-state index in [-0.39, 0.29) is 11.4 Å². The van der Waals surface area contributed by atoms with Crippen LogP contribution >= 0.6 is 11.6 Å². The van der Waals surface area contributed by atoms with E-state index in [0.29, 0.717) is 40.4 Å². The van der Waals surface area contributed by atoms with E-state index in [9.17, 15) is 18.0 Å². The van der Waals surface area contributed by atoms with Gasteiger partial charge < -0.3 is 16.0 Å². The maximum Gasteiger partial charge on any atom is 0.417 e. The molecule has 0 bridgehead atoms. The van der Waals surface area contributed by atoms with E-state index in [2.05, 4.69) is 39.1 Å². The van der Waals surface area contributed by atoms with Crippen LogP contribution in [0.2, 0.25) is 5.02 Å². The fourth-order valence-corrected chi connectivity index (χ4v) is 5.01. The quantitative estimate of drug-likeness (QED) is 0.314. The minimum atomic E-state index is -4.68. The first-order valence-corrected chi connectivity index (χ1v) is 13.3.